The SMILES string of the molecule is C.CNC(C)C(=O)OCOC(=O)C(C)NC. The molecule has 0 aromatic rings. The molecule has 0 aliphatic rings. The predicted octanol–water partition coefficient (Wildman–Crippen LogP) is -0.118. The number of carbonyl (C=O) groups excluding carboxylic acids is 2. The van der Waals surface area contributed by atoms with Gasteiger partial charge in [-0.25, -0.2) is 0 Å². The highest BCUT2D eigenvalue weighted by Gasteiger charge is 2.14. The first-order valence-electron chi connectivity index (χ1n) is 4.70. The number of nitrogens with one attached hydrogen (secondary N) is 2. The van der Waals surface area contributed by atoms with Gasteiger partial charge in [0.15, 0.2) is 0 Å². The van der Waals surface area contributed by atoms with Crippen LogP contribution in [0.1, 0.15) is 21.3 Å². The molecule has 0 aromatic carbocycles. The third-order valence-corrected chi connectivity index (χ3v) is 1.98. The monoisotopic (exact) mass is 234 g/mol. The Morgan fingerprint density at radius 1 is 1.00 bits per heavy atom. The van der Waals surface area contributed by atoms with E-state index in [0.29, 0.717) is 0 Å². The smallest absolute Gasteiger partial charge is 0.325 e. The molecule has 2 N–H and O–H groups in total. The lowest BCUT2D eigenvalue weighted by Crippen LogP contribution is -2.35. The number of hydrogen-bond donors (Lipinski definition) is 2. The lowest BCUT2D eigenvalue weighted by atomic mass is 10.3. The standard InChI is InChI=1S/C9H18N2O4.CH4/c1-6(10-3)8(12)14-5-15-9(13)7(2)11-4;/h6-7,10-11H,5H2,1-4H3;1H4. The van der Waals surface area contributed by atoms with Gasteiger partial charge in [-0.1, -0.05) is 7.43 Å². The van der Waals surface area contributed by atoms with E-state index in [2.05, 4.69) is 20.1 Å². The average molecular weight is 234 g/mol. The van der Waals surface area contributed by atoms with E-state index in [4.69, 9.17) is 0 Å². The molecule has 0 bridgehead atoms. The van der Waals surface area contributed by atoms with Crippen molar-refractivity contribution in [2.45, 2.75) is 33.4 Å². The van der Waals surface area contributed by atoms with Gasteiger partial charge in [-0.05, 0) is 27.9 Å². The highest BCUT2D eigenvalue weighted by Crippen LogP contribution is 1.91. The van der Waals surface area contributed by atoms with Crippen molar-refractivity contribution in [2.75, 3.05) is 20.9 Å². The van der Waals surface area contributed by atoms with Crippen LogP contribution in [0.4, 0.5) is 0 Å². The van der Waals surface area contributed by atoms with Crippen LogP contribution in [-0.4, -0.2) is 44.9 Å². The van der Waals surface area contributed by atoms with Crippen LogP contribution in [0.2, 0.25) is 0 Å². The molecule has 0 saturated heterocycles. The first-order valence-corrected chi connectivity index (χ1v) is 4.70. The lowest BCUT2D eigenvalue weighted by molar-refractivity contribution is -0.169. The van der Waals surface area contributed by atoms with Crippen molar-refractivity contribution in [3.8, 4) is 0 Å². The van der Waals surface area contributed by atoms with E-state index in [-0.39, 0.29) is 14.2 Å². The van der Waals surface area contributed by atoms with Gasteiger partial charge in [-0.15, -0.1) is 0 Å². The molecule has 0 heterocycles. The average Bonchev–Trinajstić information content (AvgIpc) is 2.26. The van der Waals surface area contributed by atoms with Gasteiger partial charge in [-0.2, -0.15) is 0 Å². The second-order valence-corrected chi connectivity index (χ2v) is 3.07. The van der Waals surface area contributed by atoms with E-state index in [1.807, 2.05) is 0 Å². The molecule has 0 rings (SSSR count). The maximum atomic E-state index is 11.1. The highest BCUT2D eigenvalue weighted by molar-refractivity contribution is 5.76. The summed E-state index contributed by atoms with van der Waals surface area (Å²) in [7, 11) is 3.28. The second-order valence-electron chi connectivity index (χ2n) is 3.07. The van der Waals surface area contributed by atoms with Gasteiger partial charge in [0.25, 0.3) is 0 Å². The third-order valence-electron chi connectivity index (χ3n) is 1.98. The van der Waals surface area contributed by atoms with Gasteiger partial charge in [0.2, 0.25) is 6.79 Å². The van der Waals surface area contributed by atoms with Crippen LogP contribution in [-0.2, 0) is 19.1 Å². The van der Waals surface area contributed by atoms with E-state index in [9.17, 15) is 9.59 Å². The number of esters is 2. The summed E-state index contributed by atoms with van der Waals surface area (Å²) in [6.07, 6.45) is 0. The van der Waals surface area contributed by atoms with E-state index in [1.54, 1.807) is 27.9 Å². The highest BCUT2D eigenvalue weighted by atomic mass is 16.7. The summed E-state index contributed by atoms with van der Waals surface area (Å²) in [6.45, 7) is 2.95. The number of rotatable bonds is 6. The van der Waals surface area contributed by atoms with Gasteiger partial charge >= 0.3 is 11.9 Å². The quantitative estimate of drug-likeness (QED) is 0.493. The zero-order chi connectivity index (χ0) is 11.8. The minimum atomic E-state index is -0.456. The van der Waals surface area contributed by atoms with Crippen molar-refractivity contribution in [1.29, 1.82) is 0 Å². The predicted molar refractivity (Wildman–Crippen MR) is 60.8 cm³/mol. The Labute approximate surface area is 96.7 Å². The minimum Gasteiger partial charge on any atom is -0.427 e. The largest absolute Gasteiger partial charge is 0.427 e. The molecule has 0 aliphatic heterocycles. The third kappa shape index (κ3) is 6.36. The Morgan fingerprint density at radius 2 is 1.31 bits per heavy atom. The number of ether oxygens (including phenoxy) is 2. The molecule has 0 aliphatic carbocycles. The number of carbonyl (C=O) groups is 2. The minimum absolute atomic E-state index is 0. The molecule has 0 saturated carbocycles. The molecule has 0 amide bonds. The molecule has 6 heteroatoms. The van der Waals surface area contributed by atoms with Gasteiger partial charge in [0.05, 0.1) is 0 Å². The van der Waals surface area contributed by atoms with Crippen LogP contribution in [0.15, 0.2) is 0 Å². The Balaban J connectivity index is 0. The first-order chi connectivity index (χ1) is 7.02. The Hall–Kier alpha value is -1.14. The van der Waals surface area contributed by atoms with Gasteiger partial charge in [-0.3, -0.25) is 9.59 Å². The summed E-state index contributed by atoms with van der Waals surface area (Å²) in [6, 6.07) is -0.823. The molecule has 16 heavy (non-hydrogen) atoms. The molecule has 2 unspecified atom stereocenters. The summed E-state index contributed by atoms with van der Waals surface area (Å²) in [5.74, 6) is -0.912. The van der Waals surface area contributed by atoms with Crippen LogP contribution in [0.3, 0.4) is 0 Å². The summed E-state index contributed by atoms with van der Waals surface area (Å²) < 4.78 is 9.38. The van der Waals surface area contributed by atoms with Crippen molar-refractivity contribution in [1.82, 2.24) is 10.6 Å². The van der Waals surface area contributed by atoms with Crippen molar-refractivity contribution in [3.05, 3.63) is 0 Å². The molecule has 0 radical (unpaired) electrons. The zero-order valence-electron chi connectivity index (χ0n) is 9.49. The van der Waals surface area contributed by atoms with Crippen LogP contribution < -0.4 is 10.6 Å². The Bertz CT molecular complexity index is 199. The fourth-order valence-corrected chi connectivity index (χ4v) is 0.631. The first kappa shape index (κ1) is 17.3. The van der Waals surface area contributed by atoms with Gasteiger partial charge in [0, 0.05) is 0 Å². The summed E-state index contributed by atoms with van der Waals surface area (Å²) in [5.41, 5.74) is 0. The fraction of sp³-hybridized carbons (Fsp3) is 0.800. The summed E-state index contributed by atoms with van der Waals surface area (Å²) in [5, 5.41) is 5.42. The van der Waals surface area contributed by atoms with Crippen molar-refractivity contribution < 1.29 is 19.1 Å². The van der Waals surface area contributed by atoms with Crippen LogP contribution in [0.25, 0.3) is 0 Å². The van der Waals surface area contributed by atoms with Crippen LogP contribution >= 0.6 is 0 Å². The van der Waals surface area contributed by atoms with Gasteiger partial charge < -0.3 is 20.1 Å². The van der Waals surface area contributed by atoms with Crippen molar-refractivity contribution >= 4 is 11.9 Å². The van der Waals surface area contributed by atoms with Crippen LogP contribution in [0.5, 0.6) is 0 Å². The molecule has 96 valence electrons. The van der Waals surface area contributed by atoms with E-state index in [0.717, 1.165) is 0 Å². The second kappa shape index (κ2) is 9.11. The molecule has 0 fully saturated rings. The molecular weight excluding hydrogens is 212 g/mol. The molecule has 6 nitrogen and oxygen atoms in total. The van der Waals surface area contributed by atoms with E-state index < -0.39 is 24.0 Å². The maximum absolute atomic E-state index is 11.1. The Morgan fingerprint density at radius 3 is 1.56 bits per heavy atom. The number of likely N-dealkylation sites (N-methyl/N-ethyl adjacent to an activating group) is 2. The fourth-order valence-electron chi connectivity index (χ4n) is 0.631. The molecular formula is C10H22N2O4. The maximum Gasteiger partial charge on any atom is 0.325 e. The summed E-state index contributed by atoms with van der Waals surface area (Å²) >= 11 is 0. The summed E-state index contributed by atoms with van der Waals surface area (Å²) in [4.78, 5) is 22.2. The molecule has 0 aromatic heterocycles. The molecule has 0 spiro atoms. The zero-order valence-corrected chi connectivity index (χ0v) is 9.49. The lowest BCUT2D eigenvalue weighted by Gasteiger charge is -2.12. The number of hydrogen-bond acceptors (Lipinski definition) is 6. The molecule has 2 atom stereocenters. The topological polar surface area (TPSA) is 76.7 Å². The van der Waals surface area contributed by atoms with Crippen LogP contribution in [0, 0.1) is 0 Å². The Kier molecular flexibility index (Phi) is 9.83. The van der Waals surface area contributed by atoms with E-state index in [1.165, 1.54) is 0 Å². The van der Waals surface area contributed by atoms with Crippen molar-refractivity contribution in [2.24, 2.45) is 0 Å². The van der Waals surface area contributed by atoms with Gasteiger partial charge in [0.1, 0.15) is 12.1 Å². The van der Waals surface area contributed by atoms with E-state index >= 15 is 0 Å². The van der Waals surface area contributed by atoms with Crippen molar-refractivity contribution in [3.63, 3.8) is 0 Å². The normalized spacial score (nSPS) is 13.2.